The molecule has 5 aromatic rings. The van der Waals surface area contributed by atoms with E-state index in [2.05, 4.69) is 10.3 Å². The van der Waals surface area contributed by atoms with E-state index in [-0.39, 0.29) is 23.2 Å². The lowest BCUT2D eigenvalue weighted by Gasteiger charge is -2.30. The van der Waals surface area contributed by atoms with Gasteiger partial charge in [0.1, 0.15) is 18.1 Å². The maximum Gasteiger partial charge on any atom is 0.277 e. The summed E-state index contributed by atoms with van der Waals surface area (Å²) in [5.74, 6) is 0.430. The lowest BCUT2D eigenvalue weighted by molar-refractivity contribution is 0.0969. The number of anilines is 2. The standard InChI is InChI=1S/C26H22N6O5S/c1-15-12-21(32(29-15)17-7-9-22-19(14-17)25(27)30-37-22)26(33)31-10-11-36-23-13-16(6-8-20(23)31)18-4-2-3-5-24(18)38(28,34)35/h2-9,12-14H,10-11H2,1H3,(H2,27,30)(H2,28,34,35). The number of hydrogen-bond donors (Lipinski definition) is 2. The largest absolute Gasteiger partial charge is 0.490 e. The molecule has 0 atom stereocenters. The third-order valence-corrected chi connectivity index (χ3v) is 7.32. The Morgan fingerprint density at radius 2 is 1.87 bits per heavy atom. The Kier molecular flexibility index (Phi) is 5.44. The number of ether oxygens (including phenoxy) is 1. The summed E-state index contributed by atoms with van der Waals surface area (Å²) in [7, 11) is -3.94. The van der Waals surface area contributed by atoms with Crippen molar-refractivity contribution < 1.29 is 22.5 Å². The van der Waals surface area contributed by atoms with Crippen LogP contribution >= 0.6 is 0 Å². The Balaban J connectivity index is 1.39. The zero-order valence-electron chi connectivity index (χ0n) is 20.2. The number of aryl methyl sites for hydroxylation is 1. The predicted molar refractivity (Wildman–Crippen MR) is 141 cm³/mol. The number of aromatic nitrogens is 3. The summed E-state index contributed by atoms with van der Waals surface area (Å²) in [5.41, 5.74) is 9.70. The summed E-state index contributed by atoms with van der Waals surface area (Å²) < 4.78 is 36.8. The van der Waals surface area contributed by atoms with E-state index < -0.39 is 10.0 Å². The van der Waals surface area contributed by atoms with Crippen LogP contribution in [-0.4, -0.2) is 42.4 Å². The summed E-state index contributed by atoms with van der Waals surface area (Å²) in [5, 5.41) is 14.4. The highest BCUT2D eigenvalue weighted by Gasteiger charge is 2.29. The van der Waals surface area contributed by atoms with Crippen molar-refractivity contribution in [2.75, 3.05) is 23.8 Å². The maximum absolute atomic E-state index is 13.8. The number of hydrogen-bond acceptors (Lipinski definition) is 8. The van der Waals surface area contributed by atoms with Gasteiger partial charge in [0.15, 0.2) is 11.4 Å². The number of benzene rings is 3. The molecule has 0 bridgehead atoms. The summed E-state index contributed by atoms with van der Waals surface area (Å²) in [6, 6.07) is 18.6. The van der Waals surface area contributed by atoms with Gasteiger partial charge in [0.05, 0.1) is 33.9 Å². The second-order valence-corrected chi connectivity index (χ2v) is 10.4. The summed E-state index contributed by atoms with van der Waals surface area (Å²) in [4.78, 5) is 15.5. The van der Waals surface area contributed by atoms with Crippen LogP contribution in [0.5, 0.6) is 5.75 Å². The van der Waals surface area contributed by atoms with E-state index in [9.17, 15) is 13.2 Å². The first kappa shape index (κ1) is 23.7. The number of amides is 1. The highest BCUT2D eigenvalue weighted by atomic mass is 32.2. The third-order valence-electron chi connectivity index (χ3n) is 6.35. The number of nitrogen functional groups attached to an aromatic ring is 1. The molecule has 1 aliphatic heterocycles. The minimum atomic E-state index is -3.94. The molecule has 2 aromatic heterocycles. The van der Waals surface area contributed by atoms with Crippen LogP contribution in [0, 0.1) is 6.92 Å². The zero-order chi connectivity index (χ0) is 26.6. The van der Waals surface area contributed by atoms with Crippen LogP contribution in [0.4, 0.5) is 11.5 Å². The molecule has 0 aliphatic carbocycles. The summed E-state index contributed by atoms with van der Waals surface area (Å²) in [6.07, 6.45) is 0. The van der Waals surface area contributed by atoms with Crippen LogP contribution < -0.4 is 20.5 Å². The van der Waals surface area contributed by atoms with Gasteiger partial charge in [-0.3, -0.25) is 4.79 Å². The number of sulfonamides is 1. The number of rotatable bonds is 4. The van der Waals surface area contributed by atoms with E-state index in [0.717, 1.165) is 0 Å². The van der Waals surface area contributed by atoms with Crippen molar-refractivity contribution in [3.05, 3.63) is 78.1 Å². The average Bonchev–Trinajstić information content (AvgIpc) is 3.49. The van der Waals surface area contributed by atoms with Crippen molar-refractivity contribution in [2.45, 2.75) is 11.8 Å². The molecule has 12 heteroatoms. The second kappa shape index (κ2) is 8.71. The van der Waals surface area contributed by atoms with Crippen LogP contribution in [0.25, 0.3) is 27.8 Å². The monoisotopic (exact) mass is 530 g/mol. The molecule has 3 heterocycles. The Labute approximate surface area is 217 Å². The number of fused-ring (bicyclic) bond motifs is 2. The van der Waals surface area contributed by atoms with Gasteiger partial charge in [-0.25, -0.2) is 18.2 Å². The Morgan fingerprint density at radius 3 is 2.68 bits per heavy atom. The fraction of sp³-hybridized carbons (Fsp3) is 0.115. The molecule has 0 spiro atoms. The van der Waals surface area contributed by atoms with Gasteiger partial charge >= 0.3 is 0 Å². The molecule has 6 rings (SSSR count). The number of carbonyl (C=O) groups excluding carboxylic acids is 1. The first-order valence-electron chi connectivity index (χ1n) is 11.6. The molecule has 11 nitrogen and oxygen atoms in total. The molecular weight excluding hydrogens is 508 g/mol. The molecule has 1 amide bonds. The zero-order valence-corrected chi connectivity index (χ0v) is 21.0. The van der Waals surface area contributed by atoms with Gasteiger partial charge in [0, 0.05) is 5.56 Å². The molecule has 0 fully saturated rings. The van der Waals surface area contributed by atoms with Gasteiger partial charge in [0.2, 0.25) is 10.0 Å². The van der Waals surface area contributed by atoms with Gasteiger partial charge in [-0.05, 0) is 55.0 Å². The van der Waals surface area contributed by atoms with E-state index in [1.165, 1.54) is 6.07 Å². The minimum Gasteiger partial charge on any atom is -0.490 e. The highest BCUT2D eigenvalue weighted by Crippen LogP contribution is 2.38. The lowest BCUT2D eigenvalue weighted by atomic mass is 10.0. The molecule has 3 aromatic carbocycles. The molecule has 0 radical (unpaired) electrons. The number of primary sulfonamides is 1. The normalized spacial score (nSPS) is 13.4. The fourth-order valence-corrected chi connectivity index (χ4v) is 5.38. The predicted octanol–water partition coefficient (Wildman–Crippen LogP) is 3.26. The highest BCUT2D eigenvalue weighted by molar-refractivity contribution is 7.89. The number of nitrogens with zero attached hydrogens (tertiary/aromatic N) is 4. The first-order valence-corrected chi connectivity index (χ1v) is 13.2. The molecule has 0 unspecified atom stereocenters. The van der Waals surface area contributed by atoms with E-state index in [0.29, 0.717) is 57.2 Å². The van der Waals surface area contributed by atoms with E-state index in [1.54, 1.807) is 70.2 Å². The smallest absolute Gasteiger partial charge is 0.277 e. The Morgan fingerprint density at radius 1 is 1.05 bits per heavy atom. The average molecular weight is 531 g/mol. The lowest BCUT2D eigenvalue weighted by Crippen LogP contribution is -2.38. The van der Waals surface area contributed by atoms with Crippen molar-refractivity contribution in [1.29, 1.82) is 0 Å². The van der Waals surface area contributed by atoms with Crippen LogP contribution in [0.3, 0.4) is 0 Å². The van der Waals surface area contributed by atoms with Gasteiger partial charge < -0.3 is 19.9 Å². The van der Waals surface area contributed by atoms with Crippen LogP contribution in [0.15, 0.2) is 76.1 Å². The van der Waals surface area contributed by atoms with Gasteiger partial charge in [-0.2, -0.15) is 5.10 Å². The third kappa shape index (κ3) is 3.96. The molecule has 0 saturated heterocycles. The molecule has 192 valence electrons. The van der Waals surface area contributed by atoms with Crippen LogP contribution in [0.1, 0.15) is 16.2 Å². The SMILES string of the molecule is Cc1cc(C(=O)N2CCOc3cc(-c4ccccc4S(N)(=O)=O)ccc32)n(-c2ccc3onc(N)c3c2)n1. The Bertz CT molecular complexity index is 1840. The summed E-state index contributed by atoms with van der Waals surface area (Å²) in [6.45, 7) is 2.39. The van der Waals surface area contributed by atoms with Crippen molar-refractivity contribution in [1.82, 2.24) is 14.9 Å². The van der Waals surface area contributed by atoms with Crippen molar-refractivity contribution in [3.63, 3.8) is 0 Å². The van der Waals surface area contributed by atoms with Crippen LogP contribution in [0.2, 0.25) is 0 Å². The van der Waals surface area contributed by atoms with E-state index in [1.807, 2.05) is 6.92 Å². The van der Waals surface area contributed by atoms with Crippen molar-refractivity contribution in [2.24, 2.45) is 5.14 Å². The first-order chi connectivity index (χ1) is 18.2. The Hall–Kier alpha value is -4.68. The van der Waals surface area contributed by atoms with E-state index in [4.69, 9.17) is 20.1 Å². The molecule has 0 saturated carbocycles. The van der Waals surface area contributed by atoms with Crippen LogP contribution in [-0.2, 0) is 10.0 Å². The molecule has 38 heavy (non-hydrogen) atoms. The molecule has 4 N–H and O–H groups in total. The van der Waals surface area contributed by atoms with Gasteiger partial charge in [0.25, 0.3) is 5.91 Å². The van der Waals surface area contributed by atoms with Gasteiger partial charge in [-0.15, -0.1) is 0 Å². The van der Waals surface area contributed by atoms with Crippen molar-refractivity contribution >= 4 is 38.4 Å². The quantitative estimate of drug-likeness (QED) is 0.358. The molecule has 1 aliphatic rings. The number of nitrogens with two attached hydrogens (primary N) is 2. The summed E-state index contributed by atoms with van der Waals surface area (Å²) >= 11 is 0. The minimum absolute atomic E-state index is 0.00787. The molecular formula is C26H22N6O5S. The topological polar surface area (TPSA) is 160 Å². The fourth-order valence-electron chi connectivity index (χ4n) is 4.62. The number of carbonyl (C=O) groups is 1. The van der Waals surface area contributed by atoms with Gasteiger partial charge in [-0.1, -0.05) is 29.4 Å². The van der Waals surface area contributed by atoms with E-state index >= 15 is 0 Å². The second-order valence-electron chi connectivity index (χ2n) is 8.86. The maximum atomic E-state index is 13.8. The van der Waals surface area contributed by atoms with Crippen molar-refractivity contribution in [3.8, 4) is 22.6 Å².